The summed E-state index contributed by atoms with van der Waals surface area (Å²) >= 11 is 0. The van der Waals surface area contributed by atoms with Crippen molar-refractivity contribution in [1.29, 1.82) is 0 Å². The molecule has 0 unspecified atom stereocenters. The van der Waals surface area contributed by atoms with Gasteiger partial charge in [-0.2, -0.15) is 0 Å². The zero-order valence-electron chi connectivity index (χ0n) is 10.5. The maximum atomic E-state index is 11.2. The highest BCUT2D eigenvalue weighted by Crippen LogP contribution is 2.36. The number of hydrogen-bond donors (Lipinski definition) is 2. The highest BCUT2D eigenvalue weighted by Gasteiger charge is 2.33. The van der Waals surface area contributed by atoms with Gasteiger partial charge in [0.05, 0.1) is 12.8 Å². The van der Waals surface area contributed by atoms with Crippen LogP contribution in [0.5, 0.6) is 5.88 Å². The normalized spacial score (nSPS) is 18.3. The molecule has 1 heterocycles. The van der Waals surface area contributed by atoms with Crippen molar-refractivity contribution >= 4 is 5.91 Å². The van der Waals surface area contributed by atoms with Crippen molar-refractivity contribution in [3.05, 3.63) is 23.4 Å². The average molecular weight is 250 g/mol. The second-order valence-electron chi connectivity index (χ2n) is 4.71. The number of carbonyl (C=O) groups excluding carboxylic acids is 1. The van der Waals surface area contributed by atoms with Crippen LogP contribution >= 0.6 is 0 Å². The number of pyridine rings is 1. The summed E-state index contributed by atoms with van der Waals surface area (Å²) in [7, 11) is 1.43. The van der Waals surface area contributed by atoms with E-state index >= 15 is 0 Å². The van der Waals surface area contributed by atoms with Crippen LogP contribution in [0.2, 0.25) is 0 Å². The highest BCUT2D eigenvalue weighted by atomic mass is 16.5. The minimum Gasteiger partial charge on any atom is -0.480 e. The second kappa shape index (κ2) is 4.94. The van der Waals surface area contributed by atoms with Gasteiger partial charge in [0.1, 0.15) is 11.2 Å². The number of methoxy groups -OCH3 is 1. The van der Waals surface area contributed by atoms with Crippen LogP contribution in [0.3, 0.4) is 0 Å². The summed E-state index contributed by atoms with van der Waals surface area (Å²) in [6.45, 7) is 0. The lowest BCUT2D eigenvalue weighted by Gasteiger charge is -2.31. The number of ether oxygens (including phenoxy) is 1. The number of primary amides is 1. The fraction of sp³-hybridized carbons (Fsp3) is 0.538. The molecule has 18 heavy (non-hydrogen) atoms. The molecule has 1 aromatic heterocycles. The third kappa shape index (κ3) is 2.31. The van der Waals surface area contributed by atoms with Crippen LogP contribution in [0.4, 0.5) is 0 Å². The fourth-order valence-corrected chi connectivity index (χ4v) is 2.44. The van der Waals surface area contributed by atoms with E-state index in [1.54, 1.807) is 12.1 Å². The van der Waals surface area contributed by atoms with Gasteiger partial charge in [0.25, 0.3) is 5.91 Å². The van der Waals surface area contributed by atoms with Crippen molar-refractivity contribution in [1.82, 2.24) is 4.98 Å². The number of hydrogen-bond acceptors (Lipinski definition) is 4. The molecule has 0 radical (unpaired) electrons. The number of rotatable bonds is 3. The molecule has 2 rings (SSSR count). The lowest BCUT2D eigenvalue weighted by atomic mass is 9.82. The first-order chi connectivity index (χ1) is 8.57. The number of nitrogens with two attached hydrogens (primary N) is 1. The number of aliphatic hydroxyl groups is 1. The topological polar surface area (TPSA) is 85.4 Å². The maximum Gasteiger partial charge on any atom is 0.254 e. The van der Waals surface area contributed by atoms with Crippen LogP contribution in [0, 0.1) is 0 Å². The lowest BCUT2D eigenvalue weighted by Crippen LogP contribution is -2.30. The van der Waals surface area contributed by atoms with Crippen molar-refractivity contribution in [3.8, 4) is 5.88 Å². The van der Waals surface area contributed by atoms with Gasteiger partial charge in [-0.05, 0) is 25.0 Å². The van der Waals surface area contributed by atoms with Crippen molar-refractivity contribution in [2.45, 2.75) is 37.7 Å². The van der Waals surface area contributed by atoms with Gasteiger partial charge in [-0.3, -0.25) is 4.79 Å². The van der Waals surface area contributed by atoms with Gasteiger partial charge in [0.2, 0.25) is 5.88 Å². The molecule has 1 aliphatic rings. The molecule has 0 bridgehead atoms. The summed E-state index contributed by atoms with van der Waals surface area (Å²) in [5.41, 5.74) is 5.13. The van der Waals surface area contributed by atoms with E-state index in [9.17, 15) is 9.90 Å². The van der Waals surface area contributed by atoms with Crippen molar-refractivity contribution in [2.75, 3.05) is 7.11 Å². The molecule has 0 aromatic carbocycles. The van der Waals surface area contributed by atoms with Crippen LogP contribution in [0.15, 0.2) is 12.1 Å². The molecule has 0 saturated heterocycles. The Labute approximate surface area is 106 Å². The molecule has 1 saturated carbocycles. The number of aromatic nitrogens is 1. The maximum absolute atomic E-state index is 11.2. The molecule has 1 fully saturated rings. The van der Waals surface area contributed by atoms with Gasteiger partial charge in [0, 0.05) is 0 Å². The van der Waals surface area contributed by atoms with E-state index < -0.39 is 11.5 Å². The Kier molecular flexibility index (Phi) is 3.52. The predicted molar refractivity (Wildman–Crippen MR) is 66.3 cm³/mol. The van der Waals surface area contributed by atoms with E-state index in [0.717, 1.165) is 19.3 Å². The summed E-state index contributed by atoms with van der Waals surface area (Å²) in [6, 6.07) is 3.23. The Morgan fingerprint density at radius 3 is 2.61 bits per heavy atom. The Morgan fingerprint density at radius 2 is 2.06 bits per heavy atom. The van der Waals surface area contributed by atoms with E-state index in [0.29, 0.717) is 18.5 Å². The van der Waals surface area contributed by atoms with E-state index in [4.69, 9.17) is 10.5 Å². The van der Waals surface area contributed by atoms with Gasteiger partial charge < -0.3 is 15.6 Å². The van der Waals surface area contributed by atoms with Crippen LogP contribution in [-0.4, -0.2) is 23.1 Å². The molecule has 0 spiro atoms. The highest BCUT2D eigenvalue weighted by molar-refractivity contribution is 5.95. The smallest absolute Gasteiger partial charge is 0.254 e. The van der Waals surface area contributed by atoms with Crippen LogP contribution in [-0.2, 0) is 5.60 Å². The summed E-state index contributed by atoms with van der Waals surface area (Å²) in [5.74, 6) is -0.402. The third-order valence-electron chi connectivity index (χ3n) is 3.48. The summed E-state index contributed by atoms with van der Waals surface area (Å²) < 4.78 is 5.06. The summed E-state index contributed by atoms with van der Waals surface area (Å²) in [6.07, 6.45) is 4.49. The standard InChI is InChI=1S/C13H18N2O3/c1-18-12-9(11(14)16)5-6-10(15-12)13(17)7-3-2-4-8-13/h5-6,17H,2-4,7-8H2,1H3,(H2,14,16). The molecule has 3 N–H and O–H groups in total. The lowest BCUT2D eigenvalue weighted by molar-refractivity contribution is -0.00508. The Morgan fingerprint density at radius 1 is 1.39 bits per heavy atom. The molecule has 0 aliphatic heterocycles. The van der Waals surface area contributed by atoms with E-state index in [1.807, 2.05) is 0 Å². The Bertz CT molecular complexity index is 454. The number of nitrogens with zero attached hydrogens (tertiary/aromatic N) is 1. The van der Waals surface area contributed by atoms with Gasteiger partial charge in [-0.25, -0.2) is 4.98 Å². The van der Waals surface area contributed by atoms with Crippen molar-refractivity contribution < 1.29 is 14.6 Å². The van der Waals surface area contributed by atoms with Crippen LogP contribution < -0.4 is 10.5 Å². The van der Waals surface area contributed by atoms with Crippen molar-refractivity contribution in [2.24, 2.45) is 5.73 Å². The summed E-state index contributed by atoms with van der Waals surface area (Å²) in [5, 5.41) is 10.6. The van der Waals surface area contributed by atoms with Gasteiger partial charge in [-0.15, -0.1) is 0 Å². The minimum atomic E-state index is -0.901. The van der Waals surface area contributed by atoms with E-state index in [1.165, 1.54) is 7.11 Å². The average Bonchev–Trinajstić information content (AvgIpc) is 2.38. The van der Waals surface area contributed by atoms with Crippen LogP contribution in [0.1, 0.15) is 48.2 Å². The minimum absolute atomic E-state index is 0.180. The Hall–Kier alpha value is -1.62. The predicted octanol–water partition coefficient (Wildman–Crippen LogP) is 1.34. The zero-order chi connectivity index (χ0) is 13.2. The molecule has 1 aliphatic carbocycles. The van der Waals surface area contributed by atoms with E-state index in [-0.39, 0.29) is 11.4 Å². The first kappa shape index (κ1) is 12.8. The summed E-state index contributed by atoms with van der Waals surface area (Å²) in [4.78, 5) is 15.4. The number of carbonyl (C=O) groups is 1. The quantitative estimate of drug-likeness (QED) is 0.847. The molecule has 5 nitrogen and oxygen atoms in total. The molecule has 5 heteroatoms. The van der Waals surface area contributed by atoms with Crippen molar-refractivity contribution in [3.63, 3.8) is 0 Å². The molecule has 98 valence electrons. The Balaban J connectivity index is 2.37. The fourth-order valence-electron chi connectivity index (χ4n) is 2.44. The molecule has 0 atom stereocenters. The SMILES string of the molecule is COc1nc(C2(O)CCCCC2)ccc1C(N)=O. The van der Waals surface area contributed by atoms with Crippen LogP contribution in [0.25, 0.3) is 0 Å². The van der Waals surface area contributed by atoms with Gasteiger partial charge in [-0.1, -0.05) is 19.3 Å². The van der Waals surface area contributed by atoms with Gasteiger partial charge >= 0.3 is 0 Å². The number of amides is 1. The largest absolute Gasteiger partial charge is 0.480 e. The second-order valence-corrected chi connectivity index (χ2v) is 4.71. The molecule has 1 amide bonds. The molecular weight excluding hydrogens is 232 g/mol. The zero-order valence-corrected chi connectivity index (χ0v) is 10.5. The molecule has 1 aromatic rings. The third-order valence-corrected chi connectivity index (χ3v) is 3.48. The monoisotopic (exact) mass is 250 g/mol. The first-order valence-corrected chi connectivity index (χ1v) is 6.14. The molecular formula is C13H18N2O3. The van der Waals surface area contributed by atoms with E-state index in [2.05, 4.69) is 4.98 Å². The van der Waals surface area contributed by atoms with Gasteiger partial charge in [0.15, 0.2) is 0 Å². The first-order valence-electron chi connectivity index (χ1n) is 6.14.